The molecule has 0 saturated heterocycles. The monoisotopic (exact) mass is 265 g/mol. The van der Waals surface area contributed by atoms with Crippen LogP contribution in [0.3, 0.4) is 0 Å². The Morgan fingerprint density at radius 3 is 2.26 bits per heavy atom. The average Bonchev–Trinajstić information content (AvgIpc) is 2.43. The van der Waals surface area contributed by atoms with E-state index in [9.17, 15) is 9.59 Å². The molecule has 0 fully saturated rings. The lowest BCUT2D eigenvalue weighted by Gasteiger charge is -2.14. The Kier molecular flexibility index (Phi) is 5.51. The largest absolute Gasteiger partial charge is 0.467 e. The van der Waals surface area contributed by atoms with Gasteiger partial charge in [0.25, 0.3) is 5.91 Å². The first-order chi connectivity index (χ1) is 8.99. The summed E-state index contributed by atoms with van der Waals surface area (Å²) in [4.78, 5) is 23.1. The number of nitrogens with one attached hydrogen (secondary N) is 1. The highest BCUT2D eigenvalue weighted by Gasteiger charge is 2.21. The van der Waals surface area contributed by atoms with Gasteiger partial charge in [-0.05, 0) is 23.6 Å². The van der Waals surface area contributed by atoms with Gasteiger partial charge in [-0.3, -0.25) is 4.79 Å². The first kappa shape index (κ1) is 15.2. The molecule has 0 aromatic heterocycles. The predicted molar refractivity (Wildman–Crippen MR) is 70.9 cm³/mol. The van der Waals surface area contributed by atoms with E-state index in [2.05, 4.69) is 23.9 Å². The fourth-order valence-corrected chi connectivity index (χ4v) is 1.58. The molecule has 0 aliphatic carbocycles. The summed E-state index contributed by atoms with van der Waals surface area (Å²) in [5, 5.41) is 11.4. The third-order valence-electron chi connectivity index (χ3n) is 2.81. The second-order valence-corrected chi connectivity index (χ2v) is 4.51. The number of ether oxygens (including phenoxy) is 1. The molecule has 1 rings (SSSR count). The maximum absolute atomic E-state index is 11.9. The summed E-state index contributed by atoms with van der Waals surface area (Å²) >= 11 is 0. The molecule has 0 aliphatic rings. The SMILES string of the molecule is COC(=O)C(CO)NC(=O)c1ccc(C(C)C)cc1. The van der Waals surface area contributed by atoms with Gasteiger partial charge in [0, 0.05) is 5.56 Å². The molecule has 5 nitrogen and oxygen atoms in total. The molecular formula is C14H19NO4. The summed E-state index contributed by atoms with van der Waals surface area (Å²) in [6.45, 7) is 3.63. The van der Waals surface area contributed by atoms with Gasteiger partial charge in [-0.1, -0.05) is 26.0 Å². The van der Waals surface area contributed by atoms with Crippen molar-refractivity contribution in [2.45, 2.75) is 25.8 Å². The Bertz CT molecular complexity index is 439. The fourth-order valence-electron chi connectivity index (χ4n) is 1.58. The van der Waals surface area contributed by atoms with Crippen molar-refractivity contribution in [2.24, 2.45) is 0 Å². The molecule has 5 heteroatoms. The second-order valence-electron chi connectivity index (χ2n) is 4.51. The van der Waals surface area contributed by atoms with Gasteiger partial charge in [0.05, 0.1) is 13.7 Å². The average molecular weight is 265 g/mol. The van der Waals surface area contributed by atoms with Crippen LogP contribution in [0, 0.1) is 0 Å². The summed E-state index contributed by atoms with van der Waals surface area (Å²) in [6, 6.07) is 6.08. The summed E-state index contributed by atoms with van der Waals surface area (Å²) in [7, 11) is 1.20. The van der Waals surface area contributed by atoms with E-state index in [-0.39, 0.29) is 0 Å². The van der Waals surface area contributed by atoms with Crippen LogP contribution in [-0.2, 0) is 9.53 Å². The molecular weight excluding hydrogens is 246 g/mol. The van der Waals surface area contributed by atoms with Crippen LogP contribution in [0.1, 0.15) is 35.7 Å². The summed E-state index contributed by atoms with van der Waals surface area (Å²) in [5.74, 6) is -0.702. The van der Waals surface area contributed by atoms with Crippen LogP contribution < -0.4 is 5.32 Å². The molecule has 0 bridgehead atoms. The lowest BCUT2D eigenvalue weighted by atomic mass is 10.0. The van der Waals surface area contributed by atoms with Crippen molar-refractivity contribution in [3.63, 3.8) is 0 Å². The van der Waals surface area contributed by atoms with Gasteiger partial charge >= 0.3 is 5.97 Å². The zero-order valence-corrected chi connectivity index (χ0v) is 11.3. The Morgan fingerprint density at radius 1 is 1.26 bits per heavy atom. The third-order valence-corrected chi connectivity index (χ3v) is 2.81. The molecule has 0 saturated carbocycles. The first-order valence-corrected chi connectivity index (χ1v) is 6.09. The molecule has 1 amide bonds. The number of rotatable bonds is 5. The highest BCUT2D eigenvalue weighted by atomic mass is 16.5. The third kappa shape index (κ3) is 4.06. The molecule has 104 valence electrons. The molecule has 0 radical (unpaired) electrons. The van der Waals surface area contributed by atoms with Crippen LogP contribution in [-0.4, -0.2) is 36.7 Å². The van der Waals surface area contributed by atoms with Crippen LogP contribution in [0.5, 0.6) is 0 Å². The standard InChI is InChI=1S/C14H19NO4/c1-9(2)10-4-6-11(7-5-10)13(17)15-12(8-16)14(18)19-3/h4-7,9,12,16H,8H2,1-3H3,(H,15,17). The number of aliphatic hydroxyl groups is 1. The molecule has 0 spiro atoms. The van der Waals surface area contributed by atoms with Crippen molar-refractivity contribution in [3.05, 3.63) is 35.4 Å². The Morgan fingerprint density at radius 2 is 1.84 bits per heavy atom. The van der Waals surface area contributed by atoms with Crippen molar-refractivity contribution >= 4 is 11.9 Å². The van der Waals surface area contributed by atoms with E-state index in [1.807, 2.05) is 12.1 Å². The number of aliphatic hydroxyl groups excluding tert-OH is 1. The summed E-state index contributed by atoms with van der Waals surface area (Å²) in [5.41, 5.74) is 1.56. The lowest BCUT2D eigenvalue weighted by molar-refractivity contribution is -0.143. The molecule has 2 N–H and O–H groups in total. The van der Waals surface area contributed by atoms with E-state index in [4.69, 9.17) is 5.11 Å². The normalized spacial score (nSPS) is 12.1. The molecule has 19 heavy (non-hydrogen) atoms. The van der Waals surface area contributed by atoms with Gasteiger partial charge in [-0.25, -0.2) is 4.79 Å². The van der Waals surface area contributed by atoms with Crippen molar-refractivity contribution < 1.29 is 19.4 Å². The van der Waals surface area contributed by atoms with Gasteiger partial charge in [0.2, 0.25) is 0 Å². The smallest absolute Gasteiger partial charge is 0.330 e. The molecule has 1 atom stereocenters. The van der Waals surface area contributed by atoms with Crippen molar-refractivity contribution in [1.82, 2.24) is 5.32 Å². The van der Waals surface area contributed by atoms with Crippen LogP contribution in [0.2, 0.25) is 0 Å². The molecule has 1 unspecified atom stereocenters. The minimum absolute atomic E-state index is 0.386. The Hall–Kier alpha value is -1.88. The number of benzene rings is 1. The van der Waals surface area contributed by atoms with Crippen LogP contribution in [0.15, 0.2) is 24.3 Å². The number of carbonyl (C=O) groups is 2. The van der Waals surface area contributed by atoms with Crippen molar-refractivity contribution in [2.75, 3.05) is 13.7 Å². The summed E-state index contributed by atoms with van der Waals surface area (Å²) < 4.78 is 4.48. The van der Waals surface area contributed by atoms with Gasteiger partial charge < -0.3 is 15.2 Å². The van der Waals surface area contributed by atoms with Crippen LogP contribution in [0.4, 0.5) is 0 Å². The van der Waals surface area contributed by atoms with E-state index >= 15 is 0 Å². The van der Waals surface area contributed by atoms with Crippen LogP contribution >= 0.6 is 0 Å². The second kappa shape index (κ2) is 6.89. The minimum Gasteiger partial charge on any atom is -0.467 e. The van der Waals surface area contributed by atoms with E-state index in [1.54, 1.807) is 12.1 Å². The lowest BCUT2D eigenvalue weighted by Crippen LogP contribution is -2.44. The quantitative estimate of drug-likeness (QED) is 0.781. The first-order valence-electron chi connectivity index (χ1n) is 6.09. The maximum Gasteiger partial charge on any atom is 0.330 e. The van der Waals surface area contributed by atoms with E-state index < -0.39 is 24.5 Å². The van der Waals surface area contributed by atoms with Gasteiger partial charge in [0.1, 0.15) is 0 Å². The van der Waals surface area contributed by atoms with E-state index in [1.165, 1.54) is 7.11 Å². The topological polar surface area (TPSA) is 75.6 Å². The molecule has 0 aliphatic heterocycles. The minimum atomic E-state index is -1.04. The van der Waals surface area contributed by atoms with Gasteiger partial charge in [0.15, 0.2) is 6.04 Å². The number of methoxy groups -OCH3 is 1. The Labute approximate surface area is 112 Å². The van der Waals surface area contributed by atoms with E-state index in [0.29, 0.717) is 11.5 Å². The van der Waals surface area contributed by atoms with Crippen molar-refractivity contribution in [1.29, 1.82) is 0 Å². The van der Waals surface area contributed by atoms with Gasteiger partial charge in [-0.15, -0.1) is 0 Å². The zero-order valence-electron chi connectivity index (χ0n) is 11.3. The maximum atomic E-state index is 11.9. The molecule has 0 heterocycles. The number of hydrogen-bond donors (Lipinski definition) is 2. The van der Waals surface area contributed by atoms with Crippen LogP contribution in [0.25, 0.3) is 0 Å². The number of esters is 1. The van der Waals surface area contributed by atoms with E-state index in [0.717, 1.165) is 5.56 Å². The highest BCUT2D eigenvalue weighted by molar-refractivity contribution is 5.96. The highest BCUT2D eigenvalue weighted by Crippen LogP contribution is 2.14. The number of carbonyl (C=O) groups excluding carboxylic acids is 2. The van der Waals surface area contributed by atoms with Gasteiger partial charge in [-0.2, -0.15) is 0 Å². The predicted octanol–water partition coefficient (Wildman–Crippen LogP) is 1.07. The summed E-state index contributed by atoms with van der Waals surface area (Å²) in [6.07, 6.45) is 0. The number of hydrogen-bond acceptors (Lipinski definition) is 4. The number of amides is 1. The zero-order chi connectivity index (χ0) is 14.4. The molecule has 1 aromatic carbocycles. The molecule has 1 aromatic rings. The Balaban J connectivity index is 2.74. The van der Waals surface area contributed by atoms with Crippen molar-refractivity contribution in [3.8, 4) is 0 Å². The fraction of sp³-hybridized carbons (Fsp3) is 0.429.